The lowest BCUT2D eigenvalue weighted by Crippen LogP contribution is -2.14. The van der Waals surface area contributed by atoms with Gasteiger partial charge in [0.15, 0.2) is 0 Å². The van der Waals surface area contributed by atoms with Crippen LogP contribution in [-0.4, -0.2) is 13.4 Å². The molecule has 0 aliphatic carbocycles. The SMILES string of the molecule is Cc1ccc(S(=O)(=O)Nc2ccc(N)nc2)c(C)c1. The highest BCUT2D eigenvalue weighted by molar-refractivity contribution is 7.92. The highest BCUT2D eigenvalue weighted by atomic mass is 32.2. The molecule has 0 fully saturated rings. The van der Waals surface area contributed by atoms with Gasteiger partial charge in [-0.05, 0) is 37.6 Å². The highest BCUT2D eigenvalue weighted by Gasteiger charge is 2.16. The normalized spacial score (nSPS) is 11.3. The van der Waals surface area contributed by atoms with E-state index in [2.05, 4.69) is 9.71 Å². The van der Waals surface area contributed by atoms with Gasteiger partial charge in [0, 0.05) is 0 Å². The second-order valence-electron chi connectivity index (χ2n) is 4.35. The third-order valence-electron chi connectivity index (χ3n) is 2.66. The molecule has 0 radical (unpaired) electrons. The average molecular weight is 277 g/mol. The van der Waals surface area contributed by atoms with Crippen LogP contribution in [0.2, 0.25) is 0 Å². The van der Waals surface area contributed by atoms with Crippen LogP contribution in [0, 0.1) is 13.8 Å². The monoisotopic (exact) mass is 277 g/mol. The first kappa shape index (κ1) is 13.4. The number of sulfonamides is 1. The van der Waals surface area contributed by atoms with Crippen molar-refractivity contribution in [2.75, 3.05) is 10.5 Å². The van der Waals surface area contributed by atoms with E-state index < -0.39 is 10.0 Å². The van der Waals surface area contributed by atoms with Crippen LogP contribution in [0.4, 0.5) is 11.5 Å². The van der Waals surface area contributed by atoms with Crippen LogP contribution < -0.4 is 10.5 Å². The Hall–Kier alpha value is -2.08. The van der Waals surface area contributed by atoms with Crippen molar-refractivity contribution in [2.45, 2.75) is 18.7 Å². The molecule has 0 aliphatic rings. The number of nitrogen functional groups attached to an aromatic ring is 1. The van der Waals surface area contributed by atoms with Crippen molar-refractivity contribution in [3.63, 3.8) is 0 Å². The van der Waals surface area contributed by atoms with Crippen LogP contribution in [0.1, 0.15) is 11.1 Å². The van der Waals surface area contributed by atoms with Gasteiger partial charge in [-0.3, -0.25) is 4.72 Å². The van der Waals surface area contributed by atoms with E-state index in [-0.39, 0.29) is 4.90 Å². The lowest BCUT2D eigenvalue weighted by molar-refractivity contribution is 0.600. The topological polar surface area (TPSA) is 85.1 Å². The molecule has 1 heterocycles. The van der Waals surface area contributed by atoms with Crippen LogP contribution in [0.3, 0.4) is 0 Å². The van der Waals surface area contributed by atoms with Crippen molar-refractivity contribution in [3.05, 3.63) is 47.7 Å². The molecule has 100 valence electrons. The zero-order chi connectivity index (χ0) is 14.0. The molecule has 2 aromatic rings. The molecule has 0 aliphatic heterocycles. The highest BCUT2D eigenvalue weighted by Crippen LogP contribution is 2.20. The first-order valence-corrected chi connectivity index (χ1v) is 7.18. The molecule has 0 amide bonds. The summed E-state index contributed by atoms with van der Waals surface area (Å²) in [6.07, 6.45) is 1.39. The zero-order valence-electron chi connectivity index (χ0n) is 10.7. The number of aromatic nitrogens is 1. The average Bonchev–Trinajstić information content (AvgIpc) is 2.31. The standard InChI is InChI=1S/C13H15N3O2S/c1-9-3-5-12(10(2)7-9)19(17,18)16-11-4-6-13(14)15-8-11/h3-8,16H,1-2H3,(H2,14,15). The van der Waals surface area contributed by atoms with Gasteiger partial charge in [-0.2, -0.15) is 0 Å². The van der Waals surface area contributed by atoms with Crippen molar-refractivity contribution >= 4 is 21.5 Å². The van der Waals surface area contributed by atoms with Crippen LogP contribution in [-0.2, 0) is 10.0 Å². The Morgan fingerprint density at radius 2 is 1.89 bits per heavy atom. The zero-order valence-corrected chi connectivity index (χ0v) is 11.5. The van der Waals surface area contributed by atoms with Gasteiger partial charge in [0.2, 0.25) is 0 Å². The van der Waals surface area contributed by atoms with E-state index in [1.807, 2.05) is 13.0 Å². The Labute approximate surface area is 112 Å². The molecule has 3 N–H and O–H groups in total. The summed E-state index contributed by atoms with van der Waals surface area (Å²) in [4.78, 5) is 4.10. The molecule has 0 saturated heterocycles. The number of nitrogens with one attached hydrogen (secondary N) is 1. The second kappa shape index (κ2) is 4.89. The summed E-state index contributed by atoms with van der Waals surface area (Å²) in [6, 6.07) is 8.31. The number of anilines is 2. The molecule has 6 heteroatoms. The number of nitrogens with two attached hydrogens (primary N) is 1. The largest absolute Gasteiger partial charge is 0.384 e. The maximum absolute atomic E-state index is 12.2. The Bertz CT molecular complexity index is 694. The van der Waals surface area contributed by atoms with Crippen LogP contribution >= 0.6 is 0 Å². The maximum atomic E-state index is 12.2. The molecule has 2 rings (SSSR count). The van der Waals surface area contributed by atoms with Gasteiger partial charge in [0.1, 0.15) is 5.82 Å². The molecule has 0 unspecified atom stereocenters. The molecule has 0 spiro atoms. The van der Waals surface area contributed by atoms with E-state index in [1.54, 1.807) is 31.2 Å². The van der Waals surface area contributed by atoms with Gasteiger partial charge < -0.3 is 5.73 Å². The van der Waals surface area contributed by atoms with Gasteiger partial charge in [0.25, 0.3) is 10.0 Å². The molecule has 0 atom stereocenters. The van der Waals surface area contributed by atoms with E-state index in [4.69, 9.17) is 5.73 Å². The second-order valence-corrected chi connectivity index (χ2v) is 6.00. The van der Waals surface area contributed by atoms with Gasteiger partial charge in [-0.25, -0.2) is 13.4 Å². The van der Waals surface area contributed by atoms with E-state index in [0.717, 1.165) is 5.56 Å². The van der Waals surface area contributed by atoms with Crippen molar-refractivity contribution in [2.24, 2.45) is 0 Å². The van der Waals surface area contributed by atoms with Gasteiger partial charge in [-0.15, -0.1) is 0 Å². The molecule has 5 nitrogen and oxygen atoms in total. The fraction of sp³-hybridized carbons (Fsp3) is 0.154. The smallest absolute Gasteiger partial charge is 0.262 e. The summed E-state index contributed by atoms with van der Waals surface area (Å²) in [6.45, 7) is 3.68. The minimum absolute atomic E-state index is 0.259. The van der Waals surface area contributed by atoms with Crippen molar-refractivity contribution in [1.82, 2.24) is 4.98 Å². The Balaban J connectivity index is 2.35. The number of nitrogens with zero attached hydrogens (tertiary/aromatic N) is 1. The molecule has 1 aromatic heterocycles. The summed E-state index contributed by atoms with van der Waals surface area (Å²) in [7, 11) is -3.60. The summed E-state index contributed by atoms with van der Waals surface area (Å²) < 4.78 is 27.0. The van der Waals surface area contributed by atoms with Gasteiger partial charge >= 0.3 is 0 Å². The minimum atomic E-state index is -3.60. The van der Waals surface area contributed by atoms with Crippen molar-refractivity contribution in [3.8, 4) is 0 Å². The quantitative estimate of drug-likeness (QED) is 0.899. The number of pyridine rings is 1. The number of hydrogen-bond acceptors (Lipinski definition) is 4. The molecular weight excluding hydrogens is 262 g/mol. The summed E-state index contributed by atoms with van der Waals surface area (Å²) in [5, 5.41) is 0. The van der Waals surface area contributed by atoms with Crippen LogP contribution in [0.25, 0.3) is 0 Å². The Kier molecular flexibility index (Phi) is 3.44. The molecule has 0 bridgehead atoms. The van der Waals surface area contributed by atoms with Crippen LogP contribution in [0.5, 0.6) is 0 Å². The fourth-order valence-electron chi connectivity index (χ4n) is 1.78. The number of benzene rings is 1. The van der Waals surface area contributed by atoms with E-state index in [9.17, 15) is 8.42 Å². The lowest BCUT2D eigenvalue weighted by atomic mass is 10.2. The summed E-state index contributed by atoms with van der Waals surface area (Å²) in [5.41, 5.74) is 7.56. The molecule has 1 aromatic carbocycles. The van der Waals surface area contributed by atoms with Crippen molar-refractivity contribution in [1.29, 1.82) is 0 Å². The minimum Gasteiger partial charge on any atom is -0.384 e. The third-order valence-corrected chi connectivity index (χ3v) is 4.20. The molecule has 19 heavy (non-hydrogen) atoms. The third kappa shape index (κ3) is 3.03. The van der Waals surface area contributed by atoms with Crippen molar-refractivity contribution < 1.29 is 8.42 Å². The summed E-state index contributed by atoms with van der Waals surface area (Å²) in [5.74, 6) is 0.342. The van der Waals surface area contributed by atoms with E-state index in [0.29, 0.717) is 17.1 Å². The van der Waals surface area contributed by atoms with Crippen LogP contribution in [0.15, 0.2) is 41.4 Å². The molecule has 0 saturated carbocycles. The van der Waals surface area contributed by atoms with Gasteiger partial charge in [0.05, 0.1) is 16.8 Å². The lowest BCUT2D eigenvalue weighted by Gasteiger charge is -2.10. The number of aryl methyl sites for hydroxylation is 2. The number of rotatable bonds is 3. The Morgan fingerprint density at radius 3 is 2.47 bits per heavy atom. The predicted octanol–water partition coefficient (Wildman–Crippen LogP) is 2.08. The maximum Gasteiger partial charge on any atom is 0.262 e. The molecular formula is C13H15N3O2S. The first-order chi connectivity index (χ1) is 8.88. The first-order valence-electron chi connectivity index (χ1n) is 5.70. The number of hydrogen-bond donors (Lipinski definition) is 2. The summed E-state index contributed by atoms with van der Waals surface area (Å²) >= 11 is 0. The fourth-order valence-corrected chi connectivity index (χ4v) is 3.05. The van der Waals surface area contributed by atoms with E-state index in [1.165, 1.54) is 6.20 Å². The predicted molar refractivity (Wildman–Crippen MR) is 75.4 cm³/mol. The van der Waals surface area contributed by atoms with Gasteiger partial charge in [-0.1, -0.05) is 17.7 Å². The van der Waals surface area contributed by atoms with E-state index >= 15 is 0 Å². The Morgan fingerprint density at radius 1 is 1.16 bits per heavy atom.